The van der Waals surface area contributed by atoms with Gasteiger partial charge in [0.15, 0.2) is 11.9 Å². The third kappa shape index (κ3) is 6.10. The van der Waals surface area contributed by atoms with Crippen molar-refractivity contribution < 1.29 is 14.3 Å². The largest absolute Gasteiger partial charge is 0.438 e. The number of alkyl carbamates (subject to hydrolysis) is 1. The smallest absolute Gasteiger partial charge is 0.408 e. The summed E-state index contributed by atoms with van der Waals surface area (Å²) in [5, 5.41) is 2.65. The summed E-state index contributed by atoms with van der Waals surface area (Å²) in [6.07, 6.45) is -1.20. The third-order valence-corrected chi connectivity index (χ3v) is 1.72. The Kier molecular flexibility index (Phi) is 4.78. The van der Waals surface area contributed by atoms with E-state index in [1.54, 1.807) is 0 Å². The van der Waals surface area contributed by atoms with Gasteiger partial charge >= 0.3 is 6.09 Å². The van der Waals surface area contributed by atoms with Crippen molar-refractivity contribution in [2.24, 2.45) is 5.92 Å². The molecule has 0 rings (SSSR count). The van der Waals surface area contributed by atoms with Crippen LogP contribution in [0.3, 0.4) is 0 Å². The molecule has 0 radical (unpaired) electrons. The molecule has 0 heterocycles. The normalized spacial score (nSPS) is 13.5. The van der Waals surface area contributed by atoms with Crippen LogP contribution in [0.2, 0.25) is 0 Å². The molecule has 0 aliphatic heterocycles. The fourth-order valence-corrected chi connectivity index (χ4v) is 1.14. The molecular weight excluding hydrogens is 194 g/mol. The molecule has 4 nitrogen and oxygen atoms in total. The van der Waals surface area contributed by atoms with Crippen LogP contribution in [0.15, 0.2) is 0 Å². The molecule has 0 bridgehead atoms. The lowest BCUT2D eigenvalue weighted by Crippen LogP contribution is -2.44. The van der Waals surface area contributed by atoms with E-state index in [-0.39, 0.29) is 17.2 Å². The van der Waals surface area contributed by atoms with Crippen molar-refractivity contribution >= 4 is 11.9 Å². The molecule has 0 spiro atoms. The molecule has 0 saturated carbocycles. The van der Waals surface area contributed by atoms with Crippen molar-refractivity contribution in [3.63, 3.8) is 0 Å². The summed E-state index contributed by atoms with van der Waals surface area (Å²) in [7, 11) is 0. The van der Waals surface area contributed by atoms with Gasteiger partial charge in [-0.15, -0.1) is 0 Å². The average molecular weight is 215 g/mol. The Hall–Kier alpha value is -1.06. The van der Waals surface area contributed by atoms with E-state index in [1.165, 1.54) is 6.92 Å². The lowest BCUT2D eigenvalue weighted by atomic mass is 10.0. The Morgan fingerprint density at radius 2 is 1.67 bits per heavy atom. The predicted molar refractivity (Wildman–Crippen MR) is 58.7 cm³/mol. The van der Waals surface area contributed by atoms with Crippen LogP contribution in [-0.2, 0) is 9.53 Å². The van der Waals surface area contributed by atoms with E-state index in [1.807, 2.05) is 34.6 Å². The quantitative estimate of drug-likeness (QED) is 0.784. The summed E-state index contributed by atoms with van der Waals surface area (Å²) in [5.74, 6) is -0.137. The van der Waals surface area contributed by atoms with Gasteiger partial charge < -0.3 is 10.1 Å². The highest BCUT2D eigenvalue weighted by Gasteiger charge is 2.24. The van der Waals surface area contributed by atoms with Gasteiger partial charge in [-0.05, 0) is 33.6 Å². The minimum atomic E-state index is -0.660. The topological polar surface area (TPSA) is 55.4 Å². The Morgan fingerprint density at radius 3 is 1.93 bits per heavy atom. The van der Waals surface area contributed by atoms with Crippen molar-refractivity contribution in [1.29, 1.82) is 0 Å². The predicted octanol–water partition coefficient (Wildman–Crippen LogP) is 2.12. The van der Waals surface area contributed by atoms with E-state index in [9.17, 15) is 9.59 Å². The molecule has 1 atom stereocenters. The fourth-order valence-electron chi connectivity index (χ4n) is 1.14. The molecule has 0 aliphatic rings. The molecule has 88 valence electrons. The molecule has 0 unspecified atom stereocenters. The van der Waals surface area contributed by atoms with Crippen LogP contribution in [0, 0.1) is 5.92 Å². The number of carbonyl (C=O) groups excluding carboxylic acids is 2. The van der Waals surface area contributed by atoms with Gasteiger partial charge in [-0.1, -0.05) is 13.8 Å². The highest BCUT2D eigenvalue weighted by atomic mass is 16.6. The summed E-state index contributed by atoms with van der Waals surface area (Å²) in [6.45, 7) is 10.7. The van der Waals surface area contributed by atoms with Crippen molar-refractivity contribution in [2.75, 3.05) is 0 Å². The zero-order chi connectivity index (χ0) is 12.2. The lowest BCUT2D eigenvalue weighted by Gasteiger charge is -2.24. The van der Waals surface area contributed by atoms with Crippen LogP contribution in [0.5, 0.6) is 0 Å². The van der Waals surface area contributed by atoms with Gasteiger partial charge in [-0.3, -0.25) is 4.79 Å². The molecule has 0 fully saturated rings. The van der Waals surface area contributed by atoms with Gasteiger partial charge in [0.25, 0.3) is 0 Å². The van der Waals surface area contributed by atoms with Gasteiger partial charge in [0.1, 0.15) is 0 Å². The summed E-state index contributed by atoms with van der Waals surface area (Å²) in [5.41, 5.74) is -0.352. The van der Waals surface area contributed by atoms with Gasteiger partial charge in [0, 0.05) is 5.54 Å². The number of carbonyl (C=O) groups is 2. The second-order valence-electron chi connectivity index (χ2n) is 5.06. The Labute approximate surface area is 91.4 Å². The van der Waals surface area contributed by atoms with Crippen LogP contribution >= 0.6 is 0 Å². The third-order valence-electron chi connectivity index (χ3n) is 1.72. The fraction of sp³-hybridized carbons (Fsp3) is 0.818. The number of nitrogens with one attached hydrogen (secondary N) is 1. The van der Waals surface area contributed by atoms with E-state index >= 15 is 0 Å². The van der Waals surface area contributed by atoms with Crippen molar-refractivity contribution in [3.05, 3.63) is 0 Å². The van der Waals surface area contributed by atoms with Gasteiger partial charge in [-0.25, -0.2) is 4.79 Å². The Balaban J connectivity index is 4.31. The molecule has 0 aromatic heterocycles. The molecule has 15 heavy (non-hydrogen) atoms. The van der Waals surface area contributed by atoms with Crippen LogP contribution in [-0.4, -0.2) is 23.5 Å². The molecule has 0 aromatic carbocycles. The maximum absolute atomic E-state index is 11.4. The molecule has 1 amide bonds. The summed E-state index contributed by atoms with van der Waals surface area (Å²) in [6, 6.07) is 0. The lowest BCUT2D eigenvalue weighted by molar-refractivity contribution is -0.127. The minimum absolute atomic E-state index is 0.00628. The van der Waals surface area contributed by atoms with E-state index in [4.69, 9.17) is 4.74 Å². The summed E-state index contributed by atoms with van der Waals surface area (Å²) in [4.78, 5) is 22.6. The minimum Gasteiger partial charge on any atom is -0.438 e. The molecule has 0 saturated heterocycles. The SMILES string of the molecule is CC(=O)[C@@H](OC(=O)NC(C)(C)C)C(C)C. The zero-order valence-electron chi connectivity index (χ0n) is 10.4. The number of hydrogen-bond acceptors (Lipinski definition) is 3. The number of amides is 1. The molecule has 1 N–H and O–H groups in total. The van der Waals surface area contributed by atoms with E-state index < -0.39 is 12.2 Å². The first-order valence-corrected chi connectivity index (χ1v) is 5.12. The molecular formula is C11H21NO3. The molecule has 0 aromatic rings. The average Bonchev–Trinajstić information content (AvgIpc) is 1.95. The van der Waals surface area contributed by atoms with Gasteiger partial charge in [0.2, 0.25) is 0 Å². The highest BCUT2D eigenvalue weighted by Crippen LogP contribution is 2.09. The zero-order valence-corrected chi connectivity index (χ0v) is 10.4. The summed E-state index contributed by atoms with van der Waals surface area (Å²) < 4.78 is 5.05. The number of hydrogen-bond donors (Lipinski definition) is 1. The van der Waals surface area contributed by atoms with E-state index in [0.717, 1.165) is 0 Å². The number of ketones is 1. The van der Waals surface area contributed by atoms with Crippen LogP contribution in [0.1, 0.15) is 41.5 Å². The second kappa shape index (κ2) is 5.14. The molecule has 0 aliphatic carbocycles. The number of rotatable bonds is 3. The number of ether oxygens (including phenoxy) is 1. The monoisotopic (exact) mass is 215 g/mol. The van der Waals surface area contributed by atoms with Crippen LogP contribution < -0.4 is 5.32 Å². The van der Waals surface area contributed by atoms with Crippen LogP contribution in [0.4, 0.5) is 4.79 Å². The maximum atomic E-state index is 11.4. The van der Waals surface area contributed by atoms with E-state index in [2.05, 4.69) is 5.32 Å². The first-order valence-electron chi connectivity index (χ1n) is 5.12. The van der Waals surface area contributed by atoms with E-state index in [0.29, 0.717) is 0 Å². The molecule has 4 heteroatoms. The first-order chi connectivity index (χ1) is 6.63. The Bertz CT molecular complexity index is 241. The first kappa shape index (κ1) is 13.9. The maximum Gasteiger partial charge on any atom is 0.408 e. The van der Waals surface area contributed by atoms with Gasteiger partial charge in [0.05, 0.1) is 0 Å². The van der Waals surface area contributed by atoms with Crippen molar-refractivity contribution in [1.82, 2.24) is 5.32 Å². The van der Waals surface area contributed by atoms with Crippen LogP contribution in [0.25, 0.3) is 0 Å². The van der Waals surface area contributed by atoms with Gasteiger partial charge in [-0.2, -0.15) is 0 Å². The second-order valence-corrected chi connectivity index (χ2v) is 5.06. The van der Waals surface area contributed by atoms with Crippen molar-refractivity contribution in [3.8, 4) is 0 Å². The standard InChI is InChI=1S/C11H21NO3/c1-7(2)9(8(3)13)15-10(14)12-11(4,5)6/h7,9H,1-6H3,(H,12,14)/t9-/m0/s1. The Morgan fingerprint density at radius 1 is 1.20 bits per heavy atom. The highest BCUT2D eigenvalue weighted by molar-refractivity contribution is 5.83. The number of Topliss-reactive ketones (excluding diaryl/α,β-unsaturated/α-hetero) is 1. The summed E-state index contributed by atoms with van der Waals surface area (Å²) >= 11 is 0. The van der Waals surface area contributed by atoms with Crippen molar-refractivity contribution in [2.45, 2.75) is 53.2 Å².